The van der Waals surface area contributed by atoms with Gasteiger partial charge in [-0.2, -0.15) is 17.5 Å². The van der Waals surface area contributed by atoms with Crippen LogP contribution in [0.4, 0.5) is 18.9 Å². The van der Waals surface area contributed by atoms with E-state index in [1.54, 1.807) is 12.1 Å². The van der Waals surface area contributed by atoms with Crippen LogP contribution in [0.25, 0.3) is 0 Å². The van der Waals surface area contributed by atoms with Crippen LogP contribution >= 0.6 is 0 Å². The van der Waals surface area contributed by atoms with Gasteiger partial charge >= 0.3 is 6.18 Å². The minimum Gasteiger partial charge on any atom is -0.497 e. The van der Waals surface area contributed by atoms with Gasteiger partial charge < -0.3 is 10.1 Å². The smallest absolute Gasteiger partial charge is 0.416 e. The summed E-state index contributed by atoms with van der Waals surface area (Å²) < 4.78 is 70.0. The van der Waals surface area contributed by atoms with Gasteiger partial charge in [0.25, 0.3) is 0 Å². The van der Waals surface area contributed by atoms with Crippen molar-refractivity contribution in [1.29, 1.82) is 0 Å². The van der Waals surface area contributed by atoms with Crippen LogP contribution in [-0.4, -0.2) is 38.8 Å². The van der Waals surface area contributed by atoms with E-state index in [-0.39, 0.29) is 17.1 Å². The fraction of sp³-hybridized carbons (Fsp3) is 0.350. The molecule has 0 unspecified atom stereocenters. The van der Waals surface area contributed by atoms with E-state index in [1.165, 1.54) is 35.7 Å². The monoisotopic (exact) mass is 442 g/mol. The third kappa shape index (κ3) is 4.93. The zero-order valence-electron chi connectivity index (χ0n) is 16.1. The van der Waals surface area contributed by atoms with Crippen LogP contribution in [0.2, 0.25) is 0 Å². The Bertz CT molecular complexity index is 990. The second kappa shape index (κ2) is 8.65. The summed E-state index contributed by atoms with van der Waals surface area (Å²) in [4.78, 5) is 12.7. The van der Waals surface area contributed by atoms with Gasteiger partial charge in [-0.1, -0.05) is 0 Å². The molecule has 0 bridgehead atoms. The van der Waals surface area contributed by atoms with Gasteiger partial charge in [0, 0.05) is 18.8 Å². The normalized spacial score (nSPS) is 18.1. The first-order chi connectivity index (χ1) is 14.1. The second-order valence-corrected chi connectivity index (χ2v) is 8.88. The molecule has 0 saturated carbocycles. The molecule has 6 nitrogen and oxygen atoms in total. The van der Waals surface area contributed by atoms with Crippen LogP contribution < -0.4 is 10.1 Å². The molecule has 2 aromatic carbocycles. The van der Waals surface area contributed by atoms with Crippen molar-refractivity contribution in [2.75, 3.05) is 25.5 Å². The van der Waals surface area contributed by atoms with Crippen LogP contribution in [0.1, 0.15) is 18.4 Å². The third-order valence-corrected chi connectivity index (χ3v) is 6.81. The lowest BCUT2D eigenvalue weighted by Crippen LogP contribution is -2.43. The highest BCUT2D eigenvalue weighted by Crippen LogP contribution is 2.30. The van der Waals surface area contributed by atoms with Gasteiger partial charge in [0.2, 0.25) is 15.9 Å². The molecule has 0 aliphatic carbocycles. The average molecular weight is 442 g/mol. The minimum atomic E-state index is -4.46. The Morgan fingerprint density at radius 1 is 1.10 bits per heavy atom. The molecule has 0 spiro atoms. The lowest BCUT2D eigenvalue weighted by molar-refractivity contribution is -0.137. The molecule has 162 valence electrons. The van der Waals surface area contributed by atoms with Crippen LogP contribution in [0.15, 0.2) is 53.4 Å². The van der Waals surface area contributed by atoms with Crippen molar-refractivity contribution in [2.24, 2.45) is 5.92 Å². The molecule has 0 aromatic heterocycles. The summed E-state index contributed by atoms with van der Waals surface area (Å²) >= 11 is 0. The van der Waals surface area contributed by atoms with Crippen LogP contribution in [0, 0.1) is 5.92 Å². The SMILES string of the molecule is COc1ccc(S(=O)(=O)N2CCC[C@H](C(=O)Nc3ccc(C(F)(F)F)cc3)C2)cc1. The zero-order chi connectivity index (χ0) is 21.9. The molecule has 10 heteroatoms. The molecule has 1 aliphatic heterocycles. The Labute approximate surface area is 172 Å². The number of hydrogen-bond donors (Lipinski definition) is 1. The number of anilines is 1. The number of nitrogens with one attached hydrogen (secondary N) is 1. The Morgan fingerprint density at radius 2 is 1.73 bits per heavy atom. The maximum atomic E-state index is 12.9. The Hall–Kier alpha value is -2.59. The zero-order valence-corrected chi connectivity index (χ0v) is 17.0. The van der Waals surface area contributed by atoms with Crippen molar-refractivity contribution in [2.45, 2.75) is 23.9 Å². The number of amides is 1. The molecule has 0 radical (unpaired) electrons. The van der Waals surface area contributed by atoms with Crippen molar-refractivity contribution >= 4 is 21.6 Å². The van der Waals surface area contributed by atoms with Crippen molar-refractivity contribution in [3.63, 3.8) is 0 Å². The maximum absolute atomic E-state index is 12.9. The van der Waals surface area contributed by atoms with Crippen molar-refractivity contribution in [3.05, 3.63) is 54.1 Å². The summed E-state index contributed by atoms with van der Waals surface area (Å²) in [6.45, 7) is 0.291. The molecule has 1 amide bonds. The Balaban J connectivity index is 1.68. The molecule has 30 heavy (non-hydrogen) atoms. The van der Waals surface area contributed by atoms with Gasteiger partial charge in [-0.3, -0.25) is 4.79 Å². The first-order valence-electron chi connectivity index (χ1n) is 9.23. The molecule has 1 saturated heterocycles. The number of rotatable bonds is 5. The van der Waals surface area contributed by atoms with Gasteiger partial charge in [-0.25, -0.2) is 8.42 Å². The lowest BCUT2D eigenvalue weighted by atomic mass is 9.98. The van der Waals surface area contributed by atoms with E-state index < -0.39 is 33.6 Å². The van der Waals surface area contributed by atoms with Crippen LogP contribution in [-0.2, 0) is 21.0 Å². The van der Waals surface area contributed by atoms with Crippen LogP contribution in [0.5, 0.6) is 5.75 Å². The Kier molecular flexibility index (Phi) is 6.37. The largest absolute Gasteiger partial charge is 0.497 e. The topological polar surface area (TPSA) is 75.7 Å². The van der Waals surface area contributed by atoms with E-state index in [4.69, 9.17) is 4.74 Å². The van der Waals surface area contributed by atoms with Crippen molar-refractivity contribution in [1.82, 2.24) is 4.31 Å². The highest BCUT2D eigenvalue weighted by molar-refractivity contribution is 7.89. The summed E-state index contributed by atoms with van der Waals surface area (Å²) in [6.07, 6.45) is -3.47. The molecule has 1 atom stereocenters. The fourth-order valence-electron chi connectivity index (χ4n) is 3.26. The third-order valence-electron chi connectivity index (χ3n) is 4.93. The second-order valence-electron chi connectivity index (χ2n) is 6.94. The standard InChI is InChI=1S/C20H21F3N2O4S/c1-29-17-8-10-18(11-9-17)30(27,28)25-12-2-3-14(13-25)19(26)24-16-6-4-15(5-7-16)20(21,22)23/h4-11,14H,2-3,12-13H2,1H3,(H,24,26)/t14-/m0/s1. The number of halogens is 3. The maximum Gasteiger partial charge on any atom is 0.416 e. The highest BCUT2D eigenvalue weighted by atomic mass is 32.2. The minimum absolute atomic E-state index is 0.000824. The first-order valence-corrected chi connectivity index (χ1v) is 10.7. The average Bonchev–Trinajstić information content (AvgIpc) is 2.73. The van der Waals surface area contributed by atoms with Crippen LogP contribution in [0.3, 0.4) is 0 Å². The van der Waals surface area contributed by atoms with Gasteiger partial charge in [-0.15, -0.1) is 0 Å². The van der Waals surface area contributed by atoms with E-state index in [1.807, 2.05) is 0 Å². The number of carbonyl (C=O) groups excluding carboxylic acids is 1. The summed E-state index contributed by atoms with van der Waals surface area (Å²) in [5.74, 6) is -0.500. The Morgan fingerprint density at radius 3 is 2.30 bits per heavy atom. The summed E-state index contributed by atoms with van der Waals surface area (Å²) in [5, 5.41) is 2.57. The molecule has 3 rings (SSSR count). The predicted octanol–water partition coefficient (Wildman–Crippen LogP) is 3.75. The van der Waals surface area contributed by atoms with E-state index >= 15 is 0 Å². The molecule has 2 aromatic rings. The summed E-state index contributed by atoms with van der Waals surface area (Å²) in [7, 11) is -2.30. The number of benzene rings is 2. The molecule has 1 fully saturated rings. The van der Waals surface area contributed by atoms with E-state index in [0.29, 0.717) is 25.1 Å². The number of nitrogens with zero attached hydrogens (tertiary/aromatic N) is 1. The van der Waals surface area contributed by atoms with Crippen molar-refractivity contribution < 1.29 is 31.1 Å². The summed E-state index contributed by atoms with van der Waals surface area (Å²) in [6, 6.07) is 10.1. The molecular weight excluding hydrogens is 421 g/mol. The molecular formula is C20H21F3N2O4S. The van der Waals surface area contributed by atoms with E-state index in [2.05, 4.69) is 5.32 Å². The number of carbonyl (C=O) groups is 1. The van der Waals surface area contributed by atoms with E-state index in [0.717, 1.165) is 12.1 Å². The number of piperidine rings is 1. The fourth-order valence-corrected chi connectivity index (χ4v) is 4.78. The number of alkyl halides is 3. The van der Waals surface area contributed by atoms with Gasteiger partial charge in [0.1, 0.15) is 5.75 Å². The molecule has 1 N–H and O–H groups in total. The number of methoxy groups -OCH3 is 1. The molecule has 1 aliphatic rings. The molecule has 1 heterocycles. The number of ether oxygens (including phenoxy) is 1. The number of sulfonamides is 1. The van der Waals surface area contributed by atoms with Gasteiger partial charge in [0.05, 0.1) is 23.5 Å². The van der Waals surface area contributed by atoms with Crippen molar-refractivity contribution in [3.8, 4) is 5.75 Å². The van der Waals surface area contributed by atoms with Gasteiger partial charge in [0.15, 0.2) is 0 Å². The predicted molar refractivity (Wildman–Crippen MR) is 105 cm³/mol. The first kappa shape index (κ1) is 22.1. The quantitative estimate of drug-likeness (QED) is 0.765. The van der Waals surface area contributed by atoms with E-state index in [9.17, 15) is 26.4 Å². The highest BCUT2D eigenvalue weighted by Gasteiger charge is 2.34. The number of hydrogen-bond acceptors (Lipinski definition) is 4. The lowest BCUT2D eigenvalue weighted by Gasteiger charge is -2.31. The van der Waals surface area contributed by atoms with Gasteiger partial charge in [-0.05, 0) is 61.4 Å². The summed E-state index contributed by atoms with van der Waals surface area (Å²) in [5.41, 5.74) is -0.585.